The number of ketones is 1. The number of halogens is 3. The van der Waals surface area contributed by atoms with Crippen molar-refractivity contribution in [1.29, 1.82) is 0 Å². The Hall–Kier alpha value is -1.32. The van der Waals surface area contributed by atoms with E-state index >= 15 is 0 Å². The van der Waals surface area contributed by atoms with Crippen LogP contribution in [0.5, 0.6) is 0 Å². The van der Waals surface area contributed by atoms with E-state index in [9.17, 15) is 18.0 Å². The van der Waals surface area contributed by atoms with Gasteiger partial charge in [0.25, 0.3) is 0 Å². The van der Waals surface area contributed by atoms with Gasteiger partial charge in [-0.25, -0.2) is 0 Å². The highest BCUT2D eigenvalue weighted by molar-refractivity contribution is 5.78. The Labute approximate surface area is 92.3 Å². The zero-order valence-corrected chi connectivity index (χ0v) is 8.76. The van der Waals surface area contributed by atoms with Crippen molar-refractivity contribution in [2.24, 2.45) is 0 Å². The second-order valence-electron chi connectivity index (χ2n) is 3.67. The van der Waals surface area contributed by atoms with Gasteiger partial charge in [-0.1, -0.05) is 30.3 Å². The first-order valence-corrected chi connectivity index (χ1v) is 5.10. The van der Waals surface area contributed by atoms with Gasteiger partial charge in [-0.2, -0.15) is 13.2 Å². The molecule has 0 unspecified atom stereocenters. The monoisotopic (exact) mass is 230 g/mol. The average molecular weight is 230 g/mol. The minimum absolute atomic E-state index is 0.00555. The lowest BCUT2D eigenvalue weighted by Crippen LogP contribution is -2.14. The summed E-state index contributed by atoms with van der Waals surface area (Å²) in [5.74, 6) is -0.733. The summed E-state index contributed by atoms with van der Waals surface area (Å²) >= 11 is 0. The third-order valence-corrected chi connectivity index (χ3v) is 2.16. The Kier molecular flexibility index (Phi) is 4.52. The number of alkyl halides is 3. The third-order valence-electron chi connectivity index (χ3n) is 2.16. The van der Waals surface area contributed by atoms with Crippen LogP contribution in [0.4, 0.5) is 13.2 Å². The lowest BCUT2D eigenvalue weighted by molar-refractivity contribution is -0.152. The Bertz CT molecular complexity index is 330. The summed E-state index contributed by atoms with van der Waals surface area (Å²) in [6.07, 6.45) is -4.57. The highest BCUT2D eigenvalue weighted by Crippen LogP contribution is 2.21. The van der Waals surface area contributed by atoms with Crippen molar-refractivity contribution < 1.29 is 18.0 Å². The molecular formula is C12H13F3O. The Balaban J connectivity index is 2.24. The minimum atomic E-state index is -4.37. The summed E-state index contributed by atoms with van der Waals surface area (Å²) in [5.41, 5.74) is 1.04. The molecule has 88 valence electrons. The maximum Gasteiger partial charge on any atom is 0.395 e. The minimum Gasteiger partial charge on any atom is -0.299 e. The summed E-state index contributed by atoms with van der Waals surface area (Å²) < 4.78 is 35.5. The van der Waals surface area contributed by atoms with Crippen molar-refractivity contribution in [3.05, 3.63) is 35.9 Å². The van der Waals surface area contributed by atoms with Crippen molar-refractivity contribution in [1.82, 2.24) is 0 Å². The van der Waals surface area contributed by atoms with Gasteiger partial charge in [0.15, 0.2) is 0 Å². The topological polar surface area (TPSA) is 17.1 Å². The predicted octanol–water partition coefficient (Wildman–Crippen LogP) is 3.53. The van der Waals surface area contributed by atoms with Crippen LogP contribution in [0.2, 0.25) is 0 Å². The van der Waals surface area contributed by atoms with Crippen LogP contribution in [0, 0.1) is 0 Å². The quantitative estimate of drug-likeness (QED) is 0.756. The first-order chi connectivity index (χ1) is 7.47. The Morgan fingerprint density at radius 2 is 1.75 bits per heavy atom. The maximum atomic E-state index is 11.8. The number of benzene rings is 1. The lowest BCUT2D eigenvalue weighted by atomic mass is 10.1. The van der Waals surface area contributed by atoms with Gasteiger partial charge in [0.05, 0.1) is 0 Å². The second-order valence-corrected chi connectivity index (χ2v) is 3.67. The Morgan fingerprint density at radius 1 is 1.12 bits per heavy atom. The predicted molar refractivity (Wildman–Crippen MR) is 55.1 cm³/mol. The smallest absolute Gasteiger partial charge is 0.299 e. The van der Waals surface area contributed by atoms with E-state index in [2.05, 4.69) is 0 Å². The van der Waals surface area contributed by atoms with Gasteiger partial charge in [0.2, 0.25) is 0 Å². The molecule has 4 heteroatoms. The molecule has 0 aliphatic rings. The molecule has 1 aromatic rings. The number of rotatable bonds is 5. The second kappa shape index (κ2) is 5.68. The summed E-state index contributed by atoms with van der Waals surface area (Å²) in [6.45, 7) is 0. The molecule has 1 aromatic carbocycles. The van der Waals surface area contributed by atoms with Crippen LogP contribution in [-0.4, -0.2) is 12.0 Å². The molecule has 0 fully saturated rings. The van der Waals surface area contributed by atoms with Gasteiger partial charge in [-0.3, -0.25) is 4.79 Å². The summed E-state index contributed by atoms with van der Waals surface area (Å²) in [7, 11) is 0. The molecule has 0 aromatic heterocycles. The van der Waals surface area contributed by atoms with Gasteiger partial charge in [-0.05, 0) is 18.4 Å². The normalized spacial score (nSPS) is 11.4. The number of carbonyl (C=O) groups excluding carboxylic acids is 1. The summed E-state index contributed by atoms with van der Waals surface area (Å²) in [5, 5.41) is 0. The molecule has 0 N–H and O–H groups in total. The van der Waals surface area contributed by atoms with E-state index in [-0.39, 0.29) is 6.42 Å². The number of hydrogen-bond acceptors (Lipinski definition) is 1. The Morgan fingerprint density at radius 3 is 2.31 bits per heavy atom. The SMILES string of the molecule is O=C(CCCc1ccccc1)CC(F)(F)F. The van der Waals surface area contributed by atoms with Gasteiger partial charge in [0, 0.05) is 6.42 Å². The number of carbonyl (C=O) groups is 1. The molecule has 0 radical (unpaired) electrons. The van der Waals surface area contributed by atoms with Crippen LogP contribution in [0.25, 0.3) is 0 Å². The summed E-state index contributed by atoms with van der Waals surface area (Å²) in [6, 6.07) is 9.40. The van der Waals surface area contributed by atoms with Gasteiger partial charge in [0.1, 0.15) is 12.2 Å². The van der Waals surface area contributed by atoms with Gasteiger partial charge >= 0.3 is 6.18 Å². The molecule has 0 heterocycles. The fraction of sp³-hybridized carbons (Fsp3) is 0.417. The fourth-order valence-electron chi connectivity index (χ4n) is 1.45. The lowest BCUT2D eigenvalue weighted by Gasteiger charge is -2.05. The molecular weight excluding hydrogens is 217 g/mol. The van der Waals surface area contributed by atoms with Gasteiger partial charge in [-0.15, -0.1) is 0 Å². The molecule has 0 atom stereocenters. The van der Waals surface area contributed by atoms with Crippen molar-refractivity contribution in [2.45, 2.75) is 31.9 Å². The van der Waals surface area contributed by atoms with Crippen molar-refractivity contribution in [2.75, 3.05) is 0 Å². The van der Waals surface area contributed by atoms with Crippen LogP contribution < -0.4 is 0 Å². The first kappa shape index (κ1) is 12.7. The van der Waals surface area contributed by atoms with E-state index in [1.807, 2.05) is 30.3 Å². The highest BCUT2D eigenvalue weighted by Gasteiger charge is 2.30. The van der Waals surface area contributed by atoms with E-state index in [0.29, 0.717) is 12.8 Å². The van der Waals surface area contributed by atoms with Crippen molar-refractivity contribution >= 4 is 5.78 Å². The van der Waals surface area contributed by atoms with Crippen molar-refractivity contribution in [3.63, 3.8) is 0 Å². The molecule has 0 bridgehead atoms. The maximum absolute atomic E-state index is 11.8. The van der Waals surface area contributed by atoms with Gasteiger partial charge < -0.3 is 0 Å². The zero-order chi connectivity index (χ0) is 12.0. The number of Topliss-reactive ketones (excluding diaryl/α,β-unsaturated/α-hetero) is 1. The van der Waals surface area contributed by atoms with Crippen LogP contribution in [0.1, 0.15) is 24.8 Å². The molecule has 0 saturated heterocycles. The molecule has 0 saturated carbocycles. The molecule has 0 aliphatic carbocycles. The standard InChI is InChI=1S/C12H13F3O/c13-12(14,15)9-11(16)8-4-7-10-5-2-1-3-6-10/h1-3,5-6H,4,7-9H2. The van der Waals surface area contributed by atoms with Crippen LogP contribution in [-0.2, 0) is 11.2 Å². The van der Waals surface area contributed by atoms with E-state index < -0.39 is 18.4 Å². The largest absolute Gasteiger partial charge is 0.395 e. The summed E-state index contributed by atoms with van der Waals surface area (Å²) in [4.78, 5) is 10.9. The number of aryl methyl sites for hydroxylation is 1. The van der Waals surface area contributed by atoms with E-state index in [1.165, 1.54) is 0 Å². The van der Waals surface area contributed by atoms with Crippen molar-refractivity contribution in [3.8, 4) is 0 Å². The molecule has 0 spiro atoms. The zero-order valence-electron chi connectivity index (χ0n) is 8.76. The fourth-order valence-corrected chi connectivity index (χ4v) is 1.45. The average Bonchev–Trinajstić information content (AvgIpc) is 2.16. The molecule has 0 aliphatic heterocycles. The molecule has 0 amide bonds. The van der Waals surface area contributed by atoms with E-state index in [4.69, 9.17) is 0 Å². The van der Waals surface area contributed by atoms with E-state index in [1.54, 1.807) is 0 Å². The molecule has 1 nitrogen and oxygen atoms in total. The number of hydrogen-bond donors (Lipinski definition) is 0. The first-order valence-electron chi connectivity index (χ1n) is 5.10. The molecule has 16 heavy (non-hydrogen) atoms. The van der Waals surface area contributed by atoms with Crippen LogP contribution in [0.3, 0.4) is 0 Å². The van der Waals surface area contributed by atoms with E-state index in [0.717, 1.165) is 5.56 Å². The highest BCUT2D eigenvalue weighted by atomic mass is 19.4. The third kappa shape index (κ3) is 5.53. The van der Waals surface area contributed by atoms with Crippen LogP contribution in [0.15, 0.2) is 30.3 Å². The van der Waals surface area contributed by atoms with Crippen LogP contribution >= 0.6 is 0 Å². The molecule has 1 rings (SSSR count).